The number of fused-ring (bicyclic) bond motifs is 3. The molecule has 0 saturated carbocycles. The van der Waals surface area contributed by atoms with Gasteiger partial charge in [-0.1, -0.05) is 29.8 Å². The summed E-state index contributed by atoms with van der Waals surface area (Å²) in [5, 5.41) is 5.15. The van der Waals surface area contributed by atoms with Gasteiger partial charge in [-0.3, -0.25) is 4.79 Å². The zero-order chi connectivity index (χ0) is 23.7. The molecule has 174 valence electrons. The molecule has 2 aromatic heterocycles. The van der Waals surface area contributed by atoms with Crippen molar-refractivity contribution in [2.75, 3.05) is 7.11 Å². The fraction of sp³-hybridized carbons (Fsp3) is 0.269. The van der Waals surface area contributed by atoms with Crippen LogP contribution in [0.2, 0.25) is 0 Å². The molecule has 0 atom stereocenters. The number of hydrogen-bond acceptors (Lipinski definition) is 6. The third kappa shape index (κ3) is 4.61. The molecule has 8 heteroatoms. The van der Waals surface area contributed by atoms with Crippen LogP contribution in [0.3, 0.4) is 0 Å². The monoisotopic (exact) mass is 585 g/mol. The van der Waals surface area contributed by atoms with E-state index in [1.54, 1.807) is 24.7 Å². The summed E-state index contributed by atoms with van der Waals surface area (Å²) < 4.78 is 13.9. The Hall–Kier alpha value is -2.72. The summed E-state index contributed by atoms with van der Waals surface area (Å²) in [5.74, 6) is 1.30. The minimum Gasteiger partial charge on any atom is -0.493 e. The molecule has 2 heterocycles. The Morgan fingerprint density at radius 2 is 2.00 bits per heavy atom. The first-order chi connectivity index (χ1) is 16.5. The second-order valence-corrected chi connectivity index (χ2v) is 10.6. The molecule has 4 aromatic rings. The number of benzene rings is 2. The van der Waals surface area contributed by atoms with Gasteiger partial charge >= 0.3 is 0 Å². The van der Waals surface area contributed by atoms with Crippen molar-refractivity contribution in [3.63, 3.8) is 0 Å². The summed E-state index contributed by atoms with van der Waals surface area (Å²) in [6.07, 6.45) is 7.44. The van der Waals surface area contributed by atoms with Crippen molar-refractivity contribution in [2.24, 2.45) is 5.10 Å². The minimum absolute atomic E-state index is 0.111. The average Bonchev–Trinajstić information content (AvgIpc) is 3.23. The number of ether oxygens (including phenoxy) is 2. The fourth-order valence-electron chi connectivity index (χ4n) is 4.14. The predicted molar refractivity (Wildman–Crippen MR) is 145 cm³/mol. The van der Waals surface area contributed by atoms with Crippen molar-refractivity contribution < 1.29 is 9.47 Å². The molecule has 5 rings (SSSR count). The predicted octanol–water partition coefficient (Wildman–Crippen LogP) is 5.72. The van der Waals surface area contributed by atoms with Gasteiger partial charge in [-0.25, -0.2) is 4.98 Å². The van der Waals surface area contributed by atoms with Crippen molar-refractivity contribution in [1.82, 2.24) is 9.66 Å². The average molecular weight is 585 g/mol. The number of halogens is 1. The lowest BCUT2D eigenvalue weighted by Crippen LogP contribution is -2.18. The molecule has 2 aromatic carbocycles. The van der Waals surface area contributed by atoms with Gasteiger partial charge in [0.2, 0.25) is 0 Å². The molecule has 1 aliphatic rings. The molecule has 1 aliphatic carbocycles. The quantitative estimate of drug-likeness (QED) is 0.215. The highest BCUT2D eigenvalue weighted by Gasteiger charge is 2.20. The Morgan fingerprint density at radius 1 is 1.21 bits per heavy atom. The molecule has 0 unspecified atom stereocenters. The minimum atomic E-state index is -0.111. The van der Waals surface area contributed by atoms with E-state index in [-0.39, 0.29) is 5.56 Å². The molecule has 0 fully saturated rings. The van der Waals surface area contributed by atoms with E-state index in [1.807, 2.05) is 12.1 Å². The van der Waals surface area contributed by atoms with E-state index in [9.17, 15) is 4.79 Å². The van der Waals surface area contributed by atoms with Gasteiger partial charge in [0, 0.05) is 4.88 Å². The number of methoxy groups -OCH3 is 1. The smallest absolute Gasteiger partial charge is 0.282 e. The molecule has 0 aliphatic heterocycles. The van der Waals surface area contributed by atoms with Gasteiger partial charge < -0.3 is 9.47 Å². The SMILES string of the molecule is COc1cc(/C=N/n2cnc3sc4c(c3c2=O)CCCC4)cc(I)c1OCc1ccc(C)cc1. The van der Waals surface area contributed by atoms with E-state index in [2.05, 4.69) is 63.9 Å². The first-order valence-corrected chi connectivity index (χ1v) is 13.0. The van der Waals surface area contributed by atoms with Gasteiger partial charge in [-0.05, 0) is 84.0 Å². The van der Waals surface area contributed by atoms with E-state index in [1.165, 1.54) is 33.4 Å². The summed E-state index contributed by atoms with van der Waals surface area (Å²) in [7, 11) is 1.62. The molecule has 0 amide bonds. The van der Waals surface area contributed by atoms with Crippen LogP contribution < -0.4 is 15.0 Å². The first kappa shape index (κ1) is 23.0. The van der Waals surface area contributed by atoms with Crippen molar-refractivity contribution in [2.45, 2.75) is 39.2 Å². The molecule has 0 saturated heterocycles. The Morgan fingerprint density at radius 3 is 2.79 bits per heavy atom. The highest BCUT2D eigenvalue weighted by Crippen LogP contribution is 2.35. The summed E-state index contributed by atoms with van der Waals surface area (Å²) >= 11 is 3.87. The zero-order valence-corrected chi connectivity index (χ0v) is 22.0. The lowest BCUT2D eigenvalue weighted by Gasteiger charge is -2.13. The van der Waals surface area contributed by atoms with E-state index < -0.39 is 0 Å². The van der Waals surface area contributed by atoms with Crippen molar-refractivity contribution in [3.8, 4) is 11.5 Å². The van der Waals surface area contributed by atoms with Gasteiger partial charge in [0.05, 0.1) is 22.3 Å². The highest BCUT2D eigenvalue weighted by molar-refractivity contribution is 14.1. The maximum absolute atomic E-state index is 13.1. The zero-order valence-electron chi connectivity index (χ0n) is 19.0. The molecule has 0 bridgehead atoms. The number of rotatable bonds is 6. The summed E-state index contributed by atoms with van der Waals surface area (Å²) in [4.78, 5) is 19.8. The van der Waals surface area contributed by atoms with Crippen molar-refractivity contribution in [1.29, 1.82) is 0 Å². The number of aromatic nitrogens is 2. The van der Waals surface area contributed by atoms with Crippen LogP contribution in [0.15, 0.2) is 52.6 Å². The molecule has 0 N–H and O–H groups in total. The second kappa shape index (κ2) is 9.87. The molecular formula is C26H24IN3O3S. The van der Waals surface area contributed by atoms with Crippen LogP contribution in [0.25, 0.3) is 10.2 Å². The van der Waals surface area contributed by atoms with Gasteiger partial charge in [-0.15, -0.1) is 11.3 Å². The van der Waals surface area contributed by atoms with Crippen LogP contribution in [-0.2, 0) is 19.4 Å². The Balaban J connectivity index is 1.41. The highest BCUT2D eigenvalue weighted by atomic mass is 127. The van der Waals surface area contributed by atoms with Crippen molar-refractivity contribution >= 4 is 50.4 Å². The summed E-state index contributed by atoms with van der Waals surface area (Å²) in [6.45, 7) is 2.51. The molecule has 0 spiro atoms. The number of thiophene rings is 1. The van der Waals surface area contributed by atoms with Gasteiger partial charge in [-0.2, -0.15) is 9.78 Å². The summed E-state index contributed by atoms with van der Waals surface area (Å²) in [5.41, 5.74) is 4.17. The van der Waals surface area contributed by atoms with E-state index in [0.717, 1.165) is 44.2 Å². The van der Waals surface area contributed by atoms with Crippen LogP contribution in [0.5, 0.6) is 11.5 Å². The Labute approximate surface area is 215 Å². The summed E-state index contributed by atoms with van der Waals surface area (Å²) in [6, 6.07) is 12.1. The molecule has 6 nitrogen and oxygen atoms in total. The first-order valence-electron chi connectivity index (χ1n) is 11.2. The molecular weight excluding hydrogens is 561 g/mol. The van der Waals surface area contributed by atoms with Crippen LogP contribution in [0.4, 0.5) is 0 Å². The normalized spacial score (nSPS) is 13.4. The van der Waals surface area contributed by atoms with Crippen LogP contribution in [0, 0.1) is 10.5 Å². The molecule has 34 heavy (non-hydrogen) atoms. The third-order valence-electron chi connectivity index (χ3n) is 5.95. The van der Waals surface area contributed by atoms with Gasteiger partial charge in [0.1, 0.15) is 17.8 Å². The lowest BCUT2D eigenvalue weighted by molar-refractivity contribution is 0.282. The van der Waals surface area contributed by atoms with Crippen molar-refractivity contribution in [3.05, 3.63) is 83.8 Å². The van der Waals surface area contributed by atoms with Crippen LogP contribution in [0.1, 0.15) is 40.0 Å². The lowest BCUT2D eigenvalue weighted by atomic mass is 9.97. The largest absolute Gasteiger partial charge is 0.493 e. The van der Waals surface area contributed by atoms with Crippen LogP contribution in [-0.4, -0.2) is 23.0 Å². The van der Waals surface area contributed by atoms with E-state index >= 15 is 0 Å². The van der Waals surface area contributed by atoms with Gasteiger partial charge in [0.15, 0.2) is 11.5 Å². The maximum Gasteiger partial charge on any atom is 0.282 e. The fourth-order valence-corrected chi connectivity index (χ4v) is 6.14. The van der Waals surface area contributed by atoms with Crippen LogP contribution >= 0.6 is 33.9 Å². The number of hydrogen-bond donors (Lipinski definition) is 0. The standard InChI is InChI=1S/C26H24IN3O3S/c1-16-7-9-17(10-8-16)14-33-24-20(27)11-18(12-21(24)32-2)13-29-30-15-28-25-23(26(30)31)19-5-3-4-6-22(19)34-25/h7-13,15H,3-6,14H2,1-2H3/b29-13+. The maximum atomic E-state index is 13.1. The van der Waals surface area contributed by atoms with Gasteiger partial charge in [0.25, 0.3) is 5.56 Å². The third-order valence-corrected chi connectivity index (χ3v) is 7.95. The second-order valence-electron chi connectivity index (χ2n) is 8.34. The Kier molecular flexibility index (Phi) is 6.69. The Bertz CT molecular complexity index is 1440. The molecule has 0 radical (unpaired) electrons. The number of nitrogens with zero attached hydrogens (tertiary/aromatic N) is 3. The van der Waals surface area contributed by atoms with E-state index in [4.69, 9.17) is 9.47 Å². The number of aryl methyl sites for hydroxylation is 3. The van der Waals surface area contributed by atoms with E-state index in [0.29, 0.717) is 18.1 Å². The topological polar surface area (TPSA) is 65.7 Å².